The zero-order valence-corrected chi connectivity index (χ0v) is 16.5. The van der Waals surface area contributed by atoms with Crippen LogP contribution in [0.2, 0.25) is 5.02 Å². The molecule has 142 valence electrons. The summed E-state index contributed by atoms with van der Waals surface area (Å²) in [5.74, 6) is 0. The van der Waals surface area contributed by atoms with Crippen molar-refractivity contribution in [3.8, 4) is 0 Å². The van der Waals surface area contributed by atoms with Crippen molar-refractivity contribution < 1.29 is 14.3 Å². The molecule has 0 radical (unpaired) electrons. The second-order valence-electron chi connectivity index (χ2n) is 7.74. The Hall–Kier alpha value is -1.79. The number of benzene rings is 1. The number of amides is 1. The van der Waals surface area contributed by atoms with Gasteiger partial charge in [0.15, 0.2) is 0 Å². The lowest BCUT2D eigenvalue weighted by molar-refractivity contribution is -0.0295. The second kappa shape index (κ2) is 7.45. The number of halogens is 1. The number of imidazole rings is 1. The van der Waals surface area contributed by atoms with Crippen molar-refractivity contribution in [2.45, 2.75) is 58.4 Å². The first-order chi connectivity index (χ1) is 12.2. The van der Waals surface area contributed by atoms with Crippen molar-refractivity contribution in [2.75, 3.05) is 13.7 Å². The quantitative estimate of drug-likeness (QED) is 0.771. The van der Waals surface area contributed by atoms with E-state index >= 15 is 0 Å². The maximum atomic E-state index is 12.3. The van der Waals surface area contributed by atoms with Crippen LogP contribution in [0.15, 0.2) is 18.5 Å². The van der Waals surface area contributed by atoms with Gasteiger partial charge in [-0.15, -0.1) is 0 Å². The number of nitrogens with zero attached hydrogens (tertiary/aromatic N) is 3. The lowest BCUT2D eigenvalue weighted by atomic mass is 10.1. The summed E-state index contributed by atoms with van der Waals surface area (Å²) in [7, 11) is 1.71. The Labute approximate surface area is 159 Å². The summed E-state index contributed by atoms with van der Waals surface area (Å²) in [6, 6.07) is 3.75. The van der Waals surface area contributed by atoms with E-state index in [1.807, 2.05) is 37.5 Å². The molecule has 1 amide bonds. The van der Waals surface area contributed by atoms with Crippen LogP contribution in [0.1, 0.15) is 51.8 Å². The fraction of sp³-hybridized carbons (Fsp3) is 0.579. The largest absolute Gasteiger partial charge is 0.444 e. The summed E-state index contributed by atoms with van der Waals surface area (Å²) < 4.78 is 13.3. The van der Waals surface area contributed by atoms with Crippen molar-refractivity contribution >= 4 is 28.7 Å². The average Bonchev–Trinajstić information content (AvgIpc) is 2.97. The standard InChI is InChI=1S/C19H26ClN3O3/c1-19(2,3)26-18(24)22(4)11-13-9-14(20)10-15-17(13)21-12-23(15)16-7-5-6-8-25-16/h9-10,12,16H,5-8,11H2,1-4H3. The Morgan fingerprint density at radius 1 is 1.42 bits per heavy atom. The number of rotatable bonds is 3. The number of ether oxygens (including phenoxy) is 2. The zero-order valence-electron chi connectivity index (χ0n) is 15.8. The highest BCUT2D eigenvalue weighted by molar-refractivity contribution is 6.31. The molecular formula is C19H26ClN3O3. The van der Waals surface area contributed by atoms with Crippen LogP contribution in [0.4, 0.5) is 4.79 Å². The molecule has 2 heterocycles. The molecule has 1 aromatic heterocycles. The molecule has 0 spiro atoms. The van der Waals surface area contributed by atoms with Gasteiger partial charge in [-0.05, 0) is 52.2 Å². The van der Waals surface area contributed by atoms with Gasteiger partial charge in [0.1, 0.15) is 11.8 Å². The number of carbonyl (C=O) groups is 1. The SMILES string of the molecule is CN(Cc1cc(Cl)cc2c1ncn2C1CCCCO1)C(=O)OC(C)(C)C. The zero-order chi connectivity index (χ0) is 18.9. The Balaban J connectivity index is 1.87. The molecule has 26 heavy (non-hydrogen) atoms. The van der Waals surface area contributed by atoms with Crippen molar-refractivity contribution in [3.05, 3.63) is 29.0 Å². The summed E-state index contributed by atoms with van der Waals surface area (Å²) in [5.41, 5.74) is 2.11. The van der Waals surface area contributed by atoms with Gasteiger partial charge in [-0.3, -0.25) is 0 Å². The van der Waals surface area contributed by atoms with Crippen molar-refractivity contribution in [2.24, 2.45) is 0 Å². The Morgan fingerprint density at radius 3 is 2.85 bits per heavy atom. The molecule has 1 unspecified atom stereocenters. The minimum absolute atomic E-state index is 0.0105. The third kappa shape index (κ3) is 4.30. The van der Waals surface area contributed by atoms with Gasteiger partial charge in [-0.1, -0.05) is 11.6 Å². The summed E-state index contributed by atoms with van der Waals surface area (Å²) in [5, 5.41) is 0.614. The number of carbonyl (C=O) groups excluding carboxylic acids is 1. The normalized spacial score (nSPS) is 18.1. The van der Waals surface area contributed by atoms with Gasteiger partial charge in [0.05, 0.1) is 23.9 Å². The van der Waals surface area contributed by atoms with Gasteiger partial charge >= 0.3 is 6.09 Å². The lowest BCUT2D eigenvalue weighted by Crippen LogP contribution is -2.33. The molecule has 0 N–H and O–H groups in total. The van der Waals surface area contributed by atoms with Gasteiger partial charge in [-0.2, -0.15) is 0 Å². The van der Waals surface area contributed by atoms with Crippen molar-refractivity contribution in [1.29, 1.82) is 0 Å². The number of fused-ring (bicyclic) bond motifs is 1. The molecule has 1 saturated heterocycles. The minimum Gasteiger partial charge on any atom is -0.444 e. The van der Waals surface area contributed by atoms with Crippen LogP contribution in [0.25, 0.3) is 11.0 Å². The molecule has 0 saturated carbocycles. The van der Waals surface area contributed by atoms with E-state index in [1.165, 1.54) is 4.90 Å². The predicted octanol–water partition coefficient (Wildman–Crippen LogP) is 4.76. The maximum absolute atomic E-state index is 12.3. The average molecular weight is 380 g/mol. The highest BCUT2D eigenvalue weighted by atomic mass is 35.5. The molecule has 1 aliphatic rings. The molecule has 1 fully saturated rings. The van der Waals surface area contributed by atoms with E-state index < -0.39 is 5.60 Å². The smallest absolute Gasteiger partial charge is 0.410 e. The molecular weight excluding hydrogens is 354 g/mol. The van der Waals surface area contributed by atoms with Crippen LogP contribution >= 0.6 is 11.6 Å². The van der Waals surface area contributed by atoms with E-state index in [0.29, 0.717) is 11.6 Å². The van der Waals surface area contributed by atoms with Gasteiger partial charge in [0.25, 0.3) is 0 Å². The van der Waals surface area contributed by atoms with Crippen LogP contribution < -0.4 is 0 Å². The summed E-state index contributed by atoms with van der Waals surface area (Å²) in [4.78, 5) is 18.4. The van der Waals surface area contributed by atoms with Gasteiger partial charge in [0.2, 0.25) is 0 Å². The van der Waals surface area contributed by atoms with E-state index in [1.54, 1.807) is 13.4 Å². The van der Waals surface area contributed by atoms with Crippen LogP contribution in [0, 0.1) is 0 Å². The predicted molar refractivity (Wildman–Crippen MR) is 101 cm³/mol. The first kappa shape index (κ1) is 19.0. The van der Waals surface area contributed by atoms with Crippen LogP contribution in [-0.4, -0.2) is 39.8 Å². The third-order valence-electron chi connectivity index (χ3n) is 4.30. The van der Waals surface area contributed by atoms with Crippen LogP contribution in [-0.2, 0) is 16.0 Å². The molecule has 0 aliphatic carbocycles. The molecule has 1 atom stereocenters. The highest BCUT2D eigenvalue weighted by Crippen LogP contribution is 2.30. The Morgan fingerprint density at radius 2 is 2.19 bits per heavy atom. The molecule has 6 nitrogen and oxygen atoms in total. The van der Waals surface area contributed by atoms with Gasteiger partial charge < -0.3 is 18.9 Å². The Bertz CT molecular complexity index is 791. The minimum atomic E-state index is -0.533. The number of hydrogen-bond donors (Lipinski definition) is 0. The Kier molecular flexibility index (Phi) is 5.44. The number of aromatic nitrogens is 2. The summed E-state index contributed by atoms with van der Waals surface area (Å²) in [6.45, 7) is 6.68. The topological polar surface area (TPSA) is 56.6 Å². The van der Waals surface area contributed by atoms with Crippen LogP contribution in [0.5, 0.6) is 0 Å². The van der Waals surface area contributed by atoms with E-state index in [9.17, 15) is 4.79 Å². The molecule has 3 rings (SSSR count). The molecule has 1 aromatic carbocycles. The van der Waals surface area contributed by atoms with Crippen molar-refractivity contribution in [1.82, 2.24) is 14.5 Å². The molecule has 1 aliphatic heterocycles. The molecule has 0 bridgehead atoms. The first-order valence-electron chi connectivity index (χ1n) is 8.95. The van der Waals surface area contributed by atoms with E-state index in [0.717, 1.165) is 42.5 Å². The van der Waals surface area contributed by atoms with Gasteiger partial charge in [0, 0.05) is 24.2 Å². The van der Waals surface area contributed by atoms with E-state index in [4.69, 9.17) is 21.1 Å². The fourth-order valence-electron chi connectivity index (χ4n) is 3.12. The van der Waals surface area contributed by atoms with Gasteiger partial charge in [-0.25, -0.2) is 9.78 Å². The highest BCUT2D eigenvalue weighted by Gasteiger charge is 2.22. The summed E-state index contributed by atoms with van der Waals surface area (Å²) >= 11 is 6.34. The first-order valence-corrected chi connectivity index (χ1v) is 9.33. The number of hydrogen-bond acceptors (Lipinski definition) is 4. The van der Waals surface area contributed by atoms with Crippen LogP contribution in [0.3, 0.4) is 0 Å². The monoisotopic (exact) mass is 379 g/mol. The lowest BCUT2D eigenvalue weighted by Gasteiger charge is -2.25. The molecule has 2 aromatic rings. The van der Waals surface area contributed by atoms with E-state index in [2.05, 4.69) is 4.98 Å². The fourth-order valence-corrected chi connectivity index (χ4v) is 3.36. The summed E-state index contributed by atoms with van der Waals surface area (Å²) in [6.07, 6.45) is 4.61. The second-order valence-corrected chi connectivity index (χ2v) is 8.18. The third-order valence-corrected chi connectivity index (χ3v) is 4.52. The van der Waals surface area contributed by atoms with E-state index in [-0.39, 0.29) is 12.3 Å². The molecule has 7 heteroatoms. The van der Waals surface area contributed by atoms with Crippen molar-refractivity contribution in [3.63, 3.8) is 0 Å². The maximum Gasteiger partial charge on any atom is 0.410 e.